The number of rotatable bonds is 3. The first kappa shape index (κ1) is 14.4. The van der Waals surface area contributed by atoms with E-state index in [2.05, 4.69) is 0 Å². The Morgan fingerprint density at radius 2 is 2.00 bits per heavy atom. The molecule has 3 N–H and O–H groups in total. The van der Waals surface area contributed by atoms with E-state index >= 15 is 0 Å². The number of hydrogen-bond donors (Lipinski definition) is 2. The van der Waals surface area contributed by atoms with Crippen LogP contribution in [0, 0.1) is 11.2 Å². The Morgan fingerprint density at radius 1 is 1.41 bits per heavy atom. The second kappa shape index (κ2) is 5.34. The zero-order valence-electron chi connectivity index (χ0n) is 10.4. The summed E-state index contributed by atoms with van der Waals surface area (Å²) < 4.78 is 13.7. The number of aliphatic hydroxyl groups excluding tert-OH is 1. The van der Waals surface area contributed by atoms with Crippen LogP contribution >= 0.6 is 11.6 Å². The van der Waals surface area contributed by atoms with Crippen molar-refractivity contribution in [3.05, 3.63) is 34.6 Å². The third kappa shape index (κ3) is 3.66. The van der Waals surface area contributed by atoms with Gasteiger partial charge in [-0.3, -0.25) is 0 Å². The van der Waals surface area contributed by atoms with Gasteiger partial charge in [0.25, 0.3) is 0 Å². The minimum atomic E-state index is -0.928. The lowest BCUT2D eigenvalue weighted by Gasteiger charge is -2.29. The summed E-state index contributed by atoms with van der Waals surface area (Å²) in [4.78, 5) is 0. The SMILES string of the molecule is CC(C)(C)[C@H](N)C[C@@H](O)c1cccc(Cl)c1F. The summed E-state index contributed by atoms with van der Waals surface area (Å²) in [7, 11) is 0. The quantitative estimate of drug-likeness (QED) is 0.875. The predicted molar refractivity (Wildman–Crippen MR) is 68.4 cm³/mol. The molecule has 0 spiro atoms. The maximum Gasteiger partial charge on any atom is 0.147 e. The van der Waals surface area contributed by atoms with Crippen molar-refractivity contribution in [2.24, 2.45) is 11.1 Å². The lowest BCUT2D eigenvalue weighted by atomic mass is 9.83. The molecule has 0 saturated carbocycles. The molecule has 1 aromatic rings. The molecule has 1 rings (SSSR count). The van der Waals surface area contributed by atoms with Crippen LogP contribution in [0.15, 0.2) is 18.2 Å². The van der Waals surface area contributed by atoms with Crippen LogP contribution in [0.1, 0.15) is 38.9 Å². The Morgan fingerprint density at radius 3 is 2.53 bits per heavy atom. The highest BCUT2D eigenvalue weighted by atomic mass is 35.5. The molecule has 0 aromatic heterocycles. The van der Waals surface area contributed by atoms with Crippen molar-refractivity contribution >= 4 is 11.6 Å². The Balaban J connectivity index is 2.84. The topological polar surface area (TPSA) is 46.2 Å². The molecule has 0 bridgehead atoms. The zero-order valence-corrected chi connectivity index (χ0v) is 11.1. The summed E-state index contributed by atoms with van der Waals surface area (Å²) in [6, 6.07) is 4.39. The van der Waals surface area contributed by atoms with E-state index in [0.717, 1.165) is 0 Å². The summed E-state index contributed by atoms with van der Waals surface area (Å²) in [6.45, 7) is 5.95. The van der Waals surface area contributed by atoms with Gasteiger partial charge >= 0.3 is 0 Å². The molecular formula is C13H19ClFNO. The molecule has 0 heterocycles. The van der Waals surface area contributed by atoms with E-state index in [9.17, 15) is 9.50 Å². The van der Waals surface area contributed by atoms with Gasteiger partial charge in [0.2, 0.25) is 0 Å². The molecule has 0 amide bonds. The summed E-state index contributed by atoms with van der Waals surface area (Å²) in [5, 5.41) is 10.0. The number of nitrogens with two attached hydrogens (primary N) is 1. The van der Waals surface area contributed by atoms with E-state index in [-0.39, 0.29) is 22.0 Å². The predicted octanol–water partition coefficient (Wildman–Crippen LogP) is 3.28. The first-order chi connectivity index (χ1) is 7.73. The van der Waals surface area contributed by atoms with Gasteiger partial charge < -0.3 is 10.8 Å². The van der Waals surface area contributed by atoms with Crippen LogP contribution in [-0.2, 0) is 0 Å². The Kier molecular flexibility index (Phi) is 4.53. The van der Waals surface area contributed by atoms with Crippen molar-refractivity contribution in [2.45, 2.75) is 39.3 Å². The van der Waals surface area contributed by atoms with Crippen molar-refractivity contribution in [1.29, 1.82) is 0 Å². The molecule has 0 aliphatic heterocycles. The molecule has 96 valence electrons. The Labute approximate surface area is 107 Å². The highest BCUT2D eigenvalue weighted by Gasteiger charge is 2.25. The van der Waals surface area contributed by atoms with Crippen LogP contribution in [-0.4, -0.2) is 11.1 Å². The standard InChI is InChI=1S/C13H19ClFNO/c1-13(2,3)11(16)7-10(17)8-5-4-6-9(14)12(8)15/h4-6,10-11,17H,7,16H2,1-3H3/t10-,11-/m1/s1. The van der Waals surface area contributed by atoms with Gasteiger partial charge in [-0.1, -0.05) is 44.5 Å². The van der Waals surface area contributed by atoms with Crippen LogP contribution in [0.5, 0.6) is 0 Å². The summed E-state index contributed by atoms with van der Waals surface area (Å²) in [5.41, 5.74) is 6.04. The molecular weight excluding hydrogens is 241 g/mol. The number of aliphatic hydroxyl groups is 1. The van der Waals surface area contributed by atoms with E-state index in [1.54, 1.807) is 6.07 Å². The zero-order chi connectivity index (χ0) is 13.2. The van der Waals surface area contributed by atoms with Crippen molar-refractivity contribution in [1.82, 2.24) is 0 Å². The van der Waals surface area contributed by atoms with Crippen LogP contribution in [0.4, 0.5) is 4.39 Å². The second-order valence-corrected chi connectivity index (χ2v) is 5.77. The maximum absolute atomic E-state index is 13.7. The number of hydrogen-bond acceptors (Lipinski definition) is 2. The fourth-order valence-electron chi connectivity index (χ4n) is 1.50. The third-order valence-corrected chi connectivity index (χ3v) is 3.22. The monoisotopic (exact) mass is 259 g/mol. The summed E-state index contributed by atoms with van der Waals surface area (Å²) in [5.74, 6) is -0.567. The normalized spacial score (nSPS) is 15.7. The molecule has 0 aliphatic carbocycles. The molecule has 1 aromatic carbocycles. The highest BCUT2D eigenvalue weighted by molar-refractivity contribution is 6.30. The Bertz CT molecular complexity index is 389. The van der Waals surface area contributed by atoms with E-state index in [0.29, 0.717) is 6.42 Å². The fourth-order valence-corrected chi connectivity index (χ4v) is 1.68. The average Bonchev–Trinajstić information content (AvgIpc) is 2.20. The van der Waals surface area contributed by atoms with Crippen molar-refractivity contribution in [3.63, 3.8) is 0 Å². The highest BCUT2D eigenvalue weighted by Crippen LogP contribution is 2.29. The van der Waals surface area contributed by atoms with Gasteiger partial charge in [0.05, 0.1) is 11.1 Å². The molecule has 0 unspecified atom stereocenters. The van der Waals surface area contributed by atoms with Gasteiger partial charge in [-0.05, 0) is 17.9 Å². The molecule has 2 nitrogen and oxygen atoms in total. The van der Waals surface area contributed by atoms with Gasteiger partial charge in [0.15, 0.2) is 0 Å². The van der Waals surface area contributed by atoms with E-state index in [1.807, 2.05) is 20.8 Å². The number of benzene rings is 1. The largest absolute Gasteiger partial charge is 0.388 e. The van der Waals surface area contributed by atoms with E-state index < -0.39 is 11.9 Å². The summed E-state index contributed by atoms with van der Waals surface area (Å²) in [6.07, 6.45) is -0.622. The maximum atomic E-state index is 13.7. The lowest BCUT2D eigenvalue weighted by molar-refractivity contribution is 0.130. The van der Waals surface area contributed by atoms with Crippen molar-refractivity contribution < 1.29 is 9.50 Å². The van der Waals surface area contributed by atoms with Gasteiger partial charge in [0.1, 0.15) is 5.82 Å². The third-order valence-electron chi connectivity index (χ3n) is 2.93. The van der Waals surface area contributed by atoms with Gasteiger partial charge in [0, 0.05) is 11.6 Å². The molecule has 0 fully saturated rings. The van der Waals surface area contributed by atoms with Crippen molar-refractivity contribution in [2.75, 3.05) is 0 Å². The molecule has 4 heteroatoms. The lowest BCUT2D eigenvalue weighted by Crippen LogP contribution is -2.36. The fraction of sp³-hybridized carbons (Fsp3) is 0.538. The van der Waals surface area contributed by atoms with Crippen LogP contribution in [0.2, 0.25) is 5.02 Å². The minimum absolute atomic E-state index is 0.0193. The van der Waals surface area contributed by atoms with Crippen LogP contribution in [0.25, 0.3) is 0 Å². The minimum Gasteiger partial charge on any atom is -0.388 e. The molecule has 0 radical (unpaired) electrons. The van der Waals surface area contributed by atoms with Crippen LogP contribution in [0.3, 0.4) is 0 Å². The molecule has 0 saturated heterocycles. The van der Waals surface area contributed by atoms with Gasteiger partial charge in [-0.2, -0.15) is 0 Å². The van der Waals surface area contributed by atoms with E-state index in [1.165, 1.54) is 12.1 Å². The number of halogens is 2. The molecule has 2 atom stereocenters. The Hall–Kier alpha value is -0.640. The van der Waals surface area contributed by atoms with Gasteiger partial charge in [-0.15, -0.1) is 0 Å². The van der Waals surface area contributed by atoms with Crippen LogP contribution < -0.4 is 5.73 Å². The average molecular weight is 260 g/mol. The molecule has 0 aliphatic rings. The second-order valence-electron chi connectivity index (χ2n) is 5.37. The first-order valence-electron chi connectivity index (χ1n) is 5.61. The summed E-state index contributed by atoms with van der Waals surface area (Å²) >= 11 is 5.67. The molecule has 17 heavy (non-hydrogen) atoms. The van der Waals surface area contributed by atoms with Crippen molar-refractivity contribution in [3.8, 4) is 0 Å². The first-order valence-corrected chi connectivity index (χ1v) is 5.99. The van der Waals surface area contributed by atoms with E-state index in [4.69, 9.17) is 17.3 Å². The van der Waals surface area contributed by atoms with Gasteiger partial charge in [-0.25, -0.2) is 4.39 Å². The smallest absolute Gasteiger partial charge is 0.147 e.